The lowest BCUT2D eigenvalue weighted by Gasteiger charge is -2.44. The van der Waals surface area contributed by atoms with Gasteiger partial charge in [0.1, 0.15) is 24.4 Å². The van der Waals surface area contributed by atoms with E-state index in [0.29, 0.717) is 25.8 Å². The SMILES string of the molecule is CC(=O)N[C@H]1[C@@H](OCCCCCNC(=O)OC(C)(C)C)O[C@H](COC(C)=O)[C@H](OC(C)=O)[C@@H]1OC(C)=O. The van der Waals surface area contributed by atoms with Crippen LogP contribution in [-0.2, 0) is 47.6 Å². The second kappa shape index (κ2) is 15.4. The monoisotopic (exact) mass is 532 g/mol. The van der Waals surface area contributed by atoms with Gasteiger partial charge in [-0.05, 0) is 40.0 Å². The minimum absolute atomic E-state index is 0.207. The summed E-state index contributed by atoms with van der Waals surface area (Å²) in [6, 6.07) is -1.01. The molecule has 1 saturated heterocycles. The van der Waals surface area contributed by atoms with Gasteiger partial charge in [-0.1, -0.05) is 0 Å². The van der Waals surface area contributed by atoms with E-state index in [0.717, 1.165) is 0 Å². The van der Waals surface area contributed by atoms with Gasteiger partial charge in [0.05, 0.1) is 0 Å². The molecule has 2 amide bonds. The van der Waals surface area contributed by atoms with E-state index < -0.39 is 66.2 Å². The number of carbonyl (C=O) groups is 5. The number of rotatable bonds is 12. The maximum Gasteiger partial charge on any atom is 0.407 e. The Morgan fingerprint density at radius 1 is 0.838 bits per heavy atom. The summed E-state index contributed by atoms with van der Waals surface area (Å²) in [7, 11) is 0. The lowest BCUT2D eigenvalue weighted by atomic mass is 9.96. The maximum absolute atomic E-state index is 11.9. The molecule has 0 radical (unpaired) electrons. The average Bonchev–Trinajstić information content (AvgIpc) is 2.73. The Kier molecular flexibility index (Phi) is 13.3. The van der Waals surface area contributed by atoms with Gasteiger partial charge in [-0.3, -0.25) is 19.2 Å². The van der Waals surface area contributed by atoms with Crippen LogP contribution in [0.3, 0.4) is 0 Å². The highest BCUT2D eigenvalue weighted by molar-refractivity contribution is 5.73. The number of amides is 2. The third-order valence-corrected chi connectivity index (χ3v) is 4.84. The van der Waals surface area contributed by atoms with Crippen molar-refractivity contribution in [1.82, 2.24) is 10.6 Å². The predicted molar refractivity (Wildman–Crippen MR) is 128 cm³/mol. The van der Waals surface area contributed by atoms with E-state index in [1.807, 2.05) is 0 Å². The number of hydrogen-bond donors (Lipinski definition) is 2. The van der Waals surface area contributed by atoms with E-state index in [-0.39, 0.29) is 13.2 Å². The zero-order valence-corrected chi connectivity index (χ0v) is 22.6. The van der Waals surface area contributed by atoms with E-state index in [9.17, 15) is 24.0 Å². The minimum atomic E-state index is -1.17. The van der Waals surface area contributed by atoms with Gasteiger partial charge in [-0.2, -0.15) is 0 Å². The molecule has 0 aromatic rings. The second-order valence-electron chi connectivity index (χ2n) is 9.58. The van der Waals surface area contributed by atoms with Crippen molar-refractivity contribution < 1.29 is 52.4 Å². The highest BCUT2D eigenvalue weighted by Gasteiger charge is 2.51. The summed E-state index contributed by atoms with van der Waals surface area (Å²) in [6.45, 7) is 10.5. The van der Waals surface area contributed by atoms with Gasteiger partial charge in [-0.15, -0.1) is 0 Å². The number of alkyl carbamates (subject to hydrolysis) is 1. The Hall–Kier alpha value is -2.93. The van der Waals surface area contributed by atoms with Crippen LogP contribution in [0.15, 0.2) is 0 Å². The molecule has 1 heterocycles. The fraction of sp³-hybridized carbons (Fsp3) is 0.792. The molecule has 0 aromatic carbocycles. The van der Waals surface area contributed by atoms with Crippen LogP contribution < -0.4 is 10.6 Å². The van der Waals surface area contributed by atoms with Crippen molar-refractivity contribution in [2.24, 2.45) is 0 Å². The van der Waals surface area contributed by atoms with Crippen LogP contribution in [-0.4, -0.2) is 85.9 Å². The van der Waals surface area contributed by atoms with Crippen LogP contribution in [0, 0.1) is 0 Å². The number of carbonyl (C=O) groups excluding carboxylic acids is 5. The Bertz CT molecular complexity index is 796. The van der Waals surface area contributed by atoms with Crippen molar-refractivity contribution in [2.75, 3.05) is 19.8 Å². The van der Waals surface area contributed by atoms with Crippen LogP contribution in [0.4, 0.5) is 4.79 Å². The lowest BCUT2D eigenvalue weighted by Crippen LogP contribution is -2.66. The molecule has 0 aliphatic carbocycles. The third kappa shape index (κ3) is 13.3. The third-order valence-electron chi connectivity index (χ3n) is 4.84. The Morgan fingerprint density at radius 2 is 1.46 bits per heavy atom. The van der Waals surface area contributed by atoms with Gasteiger partial charge >= 0.3 is 24.0 Å². The summed E-state index contributed by atoms with van der Waals surface area (Å²) >= 11 is 0. The molecule has 5 atom stereocenters. The van der Waals surface area contributed by atoms with E-state index >= 15 is 0 Å². The molecule has 0 spiro atoms. The zero-order chi connectivity index (χ0) is 28.2. The molecule has 13 heteroatoms. The van der Waals surface area contributed by atoms with Crippen molar-refractivity contribution in [3.8, 4) is 0 Å². The first-order chi connectivity index (χ1) is 17.2. The molecule has 13 nitrogen and oxygen atoms in total. The summed E-state index contributed by atoms with van der Waals surface area (Å²) in [5.74, 6) is -2.40. The number of unbranched alkanes of at least 4 members (excludes halogenated alkanes) is 2. The molecule has 1 aliphatic rings. The van der Waals surface area contributed by atoms with E-state index in [1.54, 1.807) is 20.8 Å². The van der Waals surface area contributed by atoms with Gasteiger partial charge in [-0.25, -0.2) is 4.79 Å². The molecule has 212 valence electrons. The van der Waals surface area contributed by atoms with Crippen LogP contribution in [0.2, 0.25) is 0 Å². The summed E-state index contributed by atoms with van der Waals surface area (Å²) < 4.78 is 32.8. The molecule has 0 bridgehead atoms. The van der Waals surface area contributed by atoms with Crippen molar-refractivity contribution in [3.05, 3.63) is 0 Å². The van der Waals surface area contributed by atoms with Crippen LogP contribution in [0.1, 0.15) is 67.7 Å². The van der Waals surface area contributed by atoms with E-state index in [4.69, 9.17) is 28.4 Å². The first-order valence-corrected chi connectivity index (χ1v) is 12.2. The van der Waals surface area contributed by atoms with Crippen molar-refractivity contribution >= 4 is 29.9 Å². The molecule has 1 fully saturated rings. The number of nitrogens with one attached hydrogen (secondary N) is 2. The largest absolute Gasteiger partial charge is 0.463 e. The molecule has 37 heavy (non-hydrogen) atoms. The summed E-state index contributed by atoms with van der Waals surface area (Å²) in [5.41, 5.74) is -0.575. The molecule has 1 rings (SSSR count). The summed E-state index contributed by atoms with van der Waals surface area (Å²) in [6.07, 6.45) is -2.99. The molecule has 0 aromatic heterocycles. The molecule has 2 N–H and O–H groups in total. The minimum Gasteiger partial charge on any atom is -0.463 e. The highest BCUT2D eigenvalue weighted by Crippen LogP contribution is 2.28. The van der Waals surface area contributed by atoms with Gasteiger partial charge in [0.2, 0.25) is 5.91 Å². The highest BCUT2D eigenvalue weighted by atomic mass is 16.7. The number of hydrogen-bond acceptors (Lipinski definition) is 11. The fourth-order valence-corrected chi connectivity index (χ4v) is 3.54. The first-order valence-electron chi connectivity index (χ1n) is 12.2. The van der Waals surface area contributed by atoms with E-state index in [2.05, 4.69) is 10.6 Å². The first kappa shape index (κ1) is 32.1. The maximum atomic E-state index is 11.9. The number of ether oxygens (including phenoxy) is 6. The average molecular weight is 533 g/mol. The summed E-state index contributed by atoms with van der Waals surface area (Å²) in [5, 5.41) is 5.32. The van der Waals surface area contributed by atoms with Gasteiger partial charge in [0.15, 0.2) is 18.5 Å². The van der Waals surface area contributed by atoms with Crippen LogP contribution in [0.25, 0.3) is 0 Å². The second-order valence-corrected chi connectivity index (χ2v) is 9.58. The molecular weight excluding hydrogens is 492 g/mol. The van der Waals surface area contributed by atoms with Gasteiger partial charge in [0, 0.05) is 40.8 Å². The van der Waals surface area contributed by atoms with E-state index in [1.165, 1.54) is 27.7 Å². The predicted octanol–water partition coefficient (Wildman–Crippen LogP) is 1.35. The molecule has 0 unspecified atom stereocenters. The molecular formula is C24H40N2O11. The lowest BCUT2D eigenvalue weighted by molar-refractivity contribution is -0.277. The Morgan fingerprint density at radius 3 is 2.00 bits per heavy atom. The Labute approximate surface area is 217 Å². The normalized spacial score (nSPS) is 23.4. The standard InChI is InChI=1S/C24H40N2O11/c1-14(27)26-19-21(35-17(4)30)20(34-16(3)29)18(13-33-15(2)28)36-22(19)32-12-10-8-9-11-25-23(31)37-24(5,6)7/h18-22H,8-13H2,1-7H3,(H,25,31)(H,26,27)/t18-,19-,20+,21-,22+/m1/s1. The molecule has 1 aliphatic heterocycles. The van der Waals surface area contributed by atoms with Gasteiger partial charge < -0.3 is 39.1 Å². The number of esters is 3. The fourth-order valence-electron chi connectivity index (χ4n) is 3.54. The van der Waals surface area contributed by atoms with Gasteiger partial charge in [0.25, 0.3) is 0 Å². The molecule has 0 saturated carbocycles. The van der Waals surface area contributed by atoms with Crippen molar-refractivity contribution in [2.45, 2.75) is 104 Å². The zero-order valence-electron chi connectivity index (χ0n) is 22.6. The smallest absolute Gasteiger partial charge is 0.407 e. The van der Waals surface area contributed by atoms with Crippen LogP contribution in [0.5, 0.6) is 0 Å². The van der Waals surface area contributed by atoms with Crippen molar-refractivity contribution in [3.63, 3.8) is 0 Å². The van der Waals surface area contributed by atoms with Crippen LogP contribution >= 0.6 is 0 Å². The Balaban J connectivity index is 2.83. The summed E-state index contributed by atoms with van der Waals surface area (Å²) in [4.78, 5) is 58.6. The topological polar surface area (TPSA) is 165 Å². The quantitative estimate of drug-likeness (QED) is 0.212. The van der Waals surface area contributed by atoms with Crippen molar-refractivity contribution in [1.29, 1.82) is 0 Å².